The van der Waals surface area contributed by atoms with Crippen molar-refractivity contribution in [1.29, 1.82) is 0 Å². The van der Waals surface area contributed by atoms with Crippen LogP contribution in [0.25, 0.3) is 0 Å². The average Bonchev–Trinajstić information content (AvgIpc) is 2.38. The van der Waals surface area contributed by atoms with E-state index in [1.807, 2.05) is 44.2 Å². The van der Waals surface area contributed by atoms with Gasteiger partial charge in [-0.3, -0.25) is 9.79 Å². The number of nitrogens with zero attached hydrogens (tertiary/aromatic N) is 1. The Labute approximate surface area is 118 Å². The molecule has 106 valence electrons. The molecule has 0 aliphatic heterocycles. The fourth-order valence-corrected chi connectivity index (χ4v) is 2.02. The lowest BCUT2D eigenvalue weighted by Gasteiger charge is -2.23. The predicted molar refractivity (Wildman–Crippen MR) is 78.4 cm³/mol. The monoisotopic (exact) mass is 273 g/mol. The van der Waals surface area contributed by atoms with E-state index in [9.17, 15) is 9.90 Å². The second kappa shape index (κ2) is 6.37. The number of carbonyl (C=O) groups is 1. The zero-order chi connectivity index (χ0) is 14.5. The summed E-state index contributed by atoms with van der Waals surface area (Å²) in [7, 11) is 0. The highest BCUT2D eigenvalue weighted by molar-refractivity contribution is 6.14. The Morgan fingerprint density at radius 1 is 1.30 bits per heavy atom. The van der Waals surface area contributed by atoms with Gasteiger partial charge in [0.25, 0.3) is 0 Å². The quantitative estimate of drug-likeness (QED) is 0.858. The Morgan fingerprint density at radius 2 is 2.00 bits per heavy atom. The molecule has 0 amide bonds. The summed E-state index contributed by atoms with van der Waals surface area (Å²) in [5.41, 5.74) is 0.312. The van der Waals surface area contributed by atoms with Gasteiger partial charge in [-0.15, -0.1) is 0 Å². The Kier molecular flexibility index (Phi) is 4.56. The fourth-order valence-electron chi connectivity index (χ4n) is 2.02. The van der Waals surface area contributed by atoms with Crippen LogP contribution in [0.15, 0.2) is 46.7 Å². The van der Waals surface area contributed by atoms with Crippen molar-refractivity contribution in [1.82, 2.24) is 0 Å². The van der Waals surface area contributed by atoms with Gasteiger partial charge < -0.3 is 9.84 Å². The number of aliphatic hydroxyl groups is 1. The van der Waals surface area contributed by atoms with E-state index in [0.717, 1.165) is 0 Å². The largest absolute Gasteiger partial charge is 0.511 e. The molecule has 4 heteroatoms. The minimum atomic E-state index is -0.318. The molecule has 0 heterocycles. The van der Waals surface area contributed by atoms with Gasteiger partial charge >= 0.3 is 0 Å². The van der Waals surface area contributed by atoms with Gasteiger partial charge in [0.1, 0.15) is 17.6 Å². The Hall–Kier alpha value is -2.10. The van der Waals surface area contributed by atoms with Crippen molar-refractivity contribution in [2.24, 2.45) is 4.99 Å². The summed E-state index contributed by atoms with van der Waals surface area (Å²) in [4.78, 5) is 16.2. The van der Waals surface area contributed by atoms with Crippen LogP contribution in [-0.2, 0) is 4.79 Å². The minimum absolute atomic E-state index is 0.0616. The number of aliphatic hydroxyl groups excluding tert-OH is 1. The van der Waals surface area contributed by atoms with Gasteiger partial charge in [0, 0.05) is 25.1 Å². The van der Waals surface area contributed by atoms with Gasteiger partial charge in [0.05, 0.1) is 5.57 Å². The zero-order valence-electron chi connectivity index (χ0n) is 11.7. The highest BCUT2D eigenvalue weighted by atomic mass is 16.5. The number of allylic oxidation sites excluding steroid dienone is 1. The lowest BCUT2D eigenvalue weighted by atomic mass is 9.94. The van der Waals surface area contributed by atoms with Gasteiger partial charge in [0.15, 0.2) is 5.78 Å². The van der Waals surface area contributed by atoms with E-state index in [2.05, 4.69) is 4.99 Å². The zero-order valence-corrected chi connectivity index (χ0v) is 11.7. The lowest BCUT2D eigenvalue weighted by molar-refractivity contribution is -0.117. The van der Waals surface area contributed by atoms with E-state index >= 15 is 0 Å². The van der Waals surface area contributed by atoms with E-state index < -0.39 is 0 Å². The maximum Gasteiger partial charge on any atom is 0.171 e. The van der Waals surface area contributed by atoms with Crippen LogP contribution in [0.3, 0.4) is 0 Å². The number of rotatable bonds is 4. The standard InChI is InChI=1S/C16H19NO3/c1-11(2)17-10-14-15(18)8-13(9-16(14)19)20-12-6-4-3-5-7-12/h3-7,10-11,13,18H,8-9H2,1-2H3. The molecule has 2 rings (SSSR count). The second-order valence-corrected chi connectivity index (χ2v) is 5.12. The third kappa shape index (κ3) is 3.70. The summed E-state index contributed by atoms with van der Waals surface area (Å²) in [6.07, 6.45) is 1.75. The van der Waals surface area contributed by atoms with Crippen molar-refractivity contribution < 1.29 is 14.6 Å². The van der Waals surface area contributed by atoms with Crippen molar-refractivity contribution in [3.63, 3.8) is 0 Å². The maximum atomic E-state index is 12.0. The normalized spacial score (nSPS) is 19.9. The van der Waals surface area contributed by atoms with Crippen molar-refractivity contribution in [2.45, 2.75) is 38.8 Å². The van der Waals surface area contributed by atoms with E-state index in [1.54, 1.807) is 0 Å². The molecule has 0 aromatic heterocycles. The average molecular weight is 273 g/mol. The van der Waals surface area contributed by atoms with Crippen molar-refractivity contribution in [2.75, 3.05) is 0 Å². The van der Waals surface area contributed by atoms with E-state index in [0.29, 0.717) is 17.7 Å². The van der Waals surface area contributed by atoms with Gasteiger partial charge in [0.2, 0.25) is 0 Å². The number of ketones is 1. The fraction of sp³-hybridized carbons (Fsp3) is 0.375. The molecular weight excluding hydrogens is 254 g/mol. The van der Waals surface area contributed by atoms with Crippen LogP contribution in [0.4, 0.5) is 0 Å². The molecule has 0 spiro atoms. The summed E-state index contributed by atoms with van der Waals surface area (Å²) >= 11 is 0. The van der Waals surface area contributed by atoms with Gasteiger partial charge in [-0.05, 0) is 26.0 Å². The first kappa shape index (κ1) is 14.3. The topological polar surface area (TPSA) is 58.9 Å². The summed E-state index contributed by atoms with van der Waals surface area (Å²) in [6, 6.07) is 9.41. The molecule has 0 bridgehead atoms. The van der Waals surface area contributed by atoms with Crippen LogP contribution in [-0.4, -0.2) is 29.3 Å². The molecule has 1 aromatic carbocycles. The van der Waals surface area contributed by atoms with Crippen LogP contribution in [0, 0.1) is 0 Å². The number of hydrogen-bond acceptors (Lipinski definition) is 4. The Balaban J connectivity index is 2.07. The predicted octanol–water partition coefficient (Wildman–Crippen LogP) is 3.09. The maximum absolute atomic E-state index is 12.0. The molecule has 1 atom stereocenters. The first-order valence-electron chi connectivity index (χ1n) is 6.76. The third-order valence-electron chi connectivity index (χ3n) is 2.99. The Bertz CT molecular complexity index is 532. The molecule has 0 saturated heterocycles. The molecule has 1 N–H and O–H groups in total. The number of carbonyl (C=O) groups excluding carboxylic acids is 1. The number of hydrogen-bond donors (Lipinski definition) is 1. The molecule has 0 radical (unpaired) electrons. The van der Waals surface area contributed by atoms with Crippen LogP contribution in [0.5, 0.6) is 5.75 Å². The minimum Gasteiger partial charge on any atom is -0.511 e. The number of benzene rings is 1. The second-order valence-electron chi connectivity index (χ2n) is 5.12. The summed E-state index contributed by atoms with van der Waals surface area (Å²) in [5.74, 6) is 0.642. The molecule has 0 fully saturated rings. The SMILES string of the molecule is CC(C)N=CC1=C(O)CC(Oc2ccccc2)CC1=O. The van der Waals surface area contributed by atoms with Crippen molar-refractivity contribution >= 4 is 12.0 Å². The molecule has 20 heavy (non-hydrogen) atoms. The van der Waals surface area contributed by atoms with Crippen LogP contribution in [0.1, 0.15) is 26.7 Å². The van der Waals surface area contributed by atoms with Gasteiger partial charge in [-0.1, -0.05) is 18.2 Å². The smallest absolute Gasteiger partial charge is 0.171 e. The van der Waals surface area contributed by atoms with E-state index in [-0.39, 0.29) is 30.1 Å². The summed E-state index contributed by atoms with van der Waals surface area (Å²) < 4.78 is 5.71. The Morgan fingerprint density at radius 3 is 2.60 bits per heavy atom. The molecule has 0 saturated carbocycles. The number of para-hydroxylation sites is 1. The van der Waals surface area contributed by atoms with Crippen LogP contribution in [0.2, 0.25) is 0 Å². The van der Waals surface area contributed by atoms with Crippen molar-refractivity contribution in [3.8, 4) is 5.75 Å². The highest BCUT2D eigenvalue weighted by Crippen LogP contribution is 2.24. The van der Waals surface area contributed by atoms with Crippen molar-refractivity contribution in [3.05, 3.63) is 41.7 Å². The van der Waals surface area contributed by atoms with E-state index in [4.69, 9.17) is 4.74 Å². The van der Waals surface area contributed by atoms with Crippen LogP contribution < -0.4 is 4.74 Å². The molecule has 1 unspecified atom stereocenters. The van der Waals surface area contributed by atoms with Crippen LogP contribution >= 0.6 is 0 Å². The number of Topliss-reactive ketones (excluding diaryl/α,β-unsaturated/α-hetero) is 1. The molecule has 1 aromatic rings. The molecule has 1 aliphatic rings. The number of ether oxygens (including phenoxy) is 1. The third-order valence-corrected chi connectivity index (χ3v) is 2.99. The van der Waals surface area contributed by atoms with Gasteiger partial charge in [-0.25, -0.2) is 0 Å². The molecular formula is C16H19NO3. The molecule has 1 aliphatic carbocycles. The van der Waals surface area contributed by atoms with E-state index in [1.165, 1.54) is 6.21 Å². The summed E-state index contributed by atoms with van der Waals surface area (Å²) in [5, 5.41) is 9.99. The first-order chi connectivity index (χ1) is 9.56. The summed E-state index contributed by atoms with van der Waals surface area (Å²) in [6.45, 7) is 3.84. The van der Waals surface area contributed by atoms with Gasteiger partial charge in [-0.2, -0.15) is 0 Å². The lowest BCUT2D eigenvalue weighted by Crippen LogP contribution is -2.28. The number of aliphatic imine (C=N–C) groups is 1. The molecule has 4 nitrogen and oxygen atoms in total. The highest BCUT2D eigenvalue weighted by Gasteiger charge is 2.28. The first-order valence-corrected chi connectivity index (χ1v) is 6.76.